The van der Waals surface area contributed by atoms with Crippen LogP contribution in [0.3, 0.4) is 0 Å². The van der Waals surface area contributed by atoms with E-state index in [1.807, 2.05) is 0 Å². The first kappa shape index (κ1) is 12.0. The van der Waals surface area contributed by atoms with Gasteiger partial charge in [-0.1, -0.05) is 6.07 Å². The molecule has 3 aromatic rings. The van der Waals surface area contributed by atoms with Crippen LogP contribution in [-0.4, -0.2) is 26.0 Å². The fourth-order valence-corrected chi connectivity index (χ4v) is 1.90. The number of nitrogens with zero attached hydrogens (tertiary/aromatic N) is 2. The lowest BCUT2D eigenvalue weighted by molar-refractivity contribution is 0.0697. The number of rotatable bonds is 2. The second kappa shape index (κ2) is 4.58. The SMILES string of the molecule is O=C(O)c1ccc2nc(-c3ccccn3)[nH]c(=O)c2c1. The van der Waals surface area contributed by atoms with Crippen LogP contribution < -0.4 is 5.56 Å². The van der Waals surface area contributed by atoms with Gasteiger partial charge in [-0.2, -0.15) is 0 Å². The van der Waals surface area contributed by atoms with Crippen molar-refractivity contribution < 1.29 is 9.90 Å². The number of hydrogen-bond donors (Lipinski definition) is 2. The van der Waals surface area contributed by atoms with Crippen LogP contribution in [0.15, 0.2) is 47.4 Å². The summed E-state index contributed by atoms with van der Waals surface area (Å²) in [6.07, 6.45) is 1.60. The van der Waals surface area contributed by atoms with Crippen LogP contribution in [0.2, 0.25) is 0 Å². The third kappa shape index (κ3) is 2.03. The lowest BCUT2D eigenvalue weighted by Gasteiger charge is -2.03. The predicted octanol–water partition coefficient (Wildman–Crippen LogP) is 1.68. The normalized spacial score (nSPS) is 10.6. The standard InChI is InChI=1S/C14H9N3O3/c18-13-9-7-8(14(19)20)4-5-10(9)16-12(17-13)11-3-1-2-6-15-11/h1-7H,(H,19,20)(H,16,17,18). The fourth-order valence-electron chi connectivity index (χ4n) is 1.90. The molecular formula is C14H9N3O3. The molecule has 0 amide bonds. The van der Waals surface area contributed by atoms with Gasteiger partial charge in [0.25, 0.3) is 5.56 Å². The van der Waals surface area contributed by atoms with Crippen molar-refractivity contribution in [1.29, 1.82) is 0 Å². The Morgan fingerprint density at radius 2 is 2.05 bits per heavy atom. The molecule has 1 aromatic carbocycles. The van der Waals surface area contributed by atoms with Gasteiger partial charge in [0, 0.05) is 6.20 Å². The molecule has 0 aliphatic heterocycles. The van der Waals surface area contributed by atoms with Crippen molar-refractivity contribution in [2.24, 2.45) is 0 Å². The molecular weight excluding hydrogens is 258 g/mol. The number of fused-ring (bicyclic) bond motifs is 1. The van der Waals surface area contributed by atoms with Crippen molar-refractivity contribution in [3.8, 4) is 11.5 Å². The molecule has 20 heavy (non-hydrogen) atoms. The van der Waals surface area contributed by atoms with Crippen LogP contribution in [0.1, 0.15) is 10.4 Å². The van der Waals surface area contributed by atoms with Crippen LogP contribution >= 0.6 is 0 Å². The van der Waals surface area contributed by atoms with E-state index in [-0.39, 0.29) is 10.9 Å². The minimum atomic E-state index is -1.08. The maximum Gasteiger partial charge on any atom is 0.335 e. The number of aromatic carboxylic acids is 1. The molecule has 0 spiro atoms. The number of aromatic nitrogens is 3. The number of carbonyl (C=O) groups is 1. The molecule has 3 rings (SSSR count). The summed E-state index contributed by atoms with van der Waals surface area (Å²) in [4.78, 5) is 34.0. The van der Waals surface area contributed by atoms with E-state index in [9.17, 15) is 9.59 Å². The largest absolute Gasteiger partial charge is 0.478 e. The van der Waals surface area contributed by atoms with E-state index in [1.54, 1.807) is 24.4 Å². The van der Waals surface area contributed by atoms with Crippen molar-refractivity contribution in [2.45, 2.75) is 0 Å². The van der Waals surface area contributed by atoms with Crippen molar-refractivity contribution >= 4 is 16.9 Å². The smallest absolute Gasteiger partial charge is 0.335 e. The van der Waals surface area contributed by atoms with Gasteiger partial charge in [0.05, 0.1) is 16.5 Å². The van der Waals surface area contributed by atoms with Crippen molar-refractivity contribution in [3.63, 3.8) is 0 Å². The van der Waals surface area contributed by atoms with Gasteiger partial charge in [0.15, 0.2) is 5.82 Å². The molecule has 2 heterocycles. The van der Waals surface area contributed by atoms with Gasteiger partial charge in [0.2, 0.25) is 0 Å². The zero-order chi connectivity index (χ0) is 14.1. The lowest BCUT2D eigenvalue weighted by Crippen LogP contribution is -2.11. The molecule has 0 radical (unpaired) electrons. The van der Waals surface area contributed by atoms with E-state index in [2.05, 4.69) is 15.0 Å². The van der Waals surface area contributed by atoms with Gasteiger partial charge in [-0.3, -0.25) is 9.78 Å². The molecule has 0 bridgehead atoms. The van der Waals surface area contributed by atoms with Crippen LogP contribution in [0.25, 0.3) is 22.4 Å². The highest BCUT2D eigenvalue weighted by atomic mass is 16.4. The lowest BCUT2D eigenvalue weighted by atomic mass is 10.1. The van der Waals surface area contributed by atoms with Crippen molar-refractivity contribution in [2.75, 3.05) is 0 Å². The summed E-state index contributed by atoms with van der Waals surface area (Å²) in [5, 5.41) is 9.17. The van der Waals surface area contributed by atoms with Crippen molar-refractivity contribution in [3.05, 3.63) is 58.5 Å². The number of carboxylic acids is 1. The molecule has 0 saturated carbocycles. The summed E-state index contributed by atoms with van der Waals surface area (Å²) in [5.41, 5.74) is 0.641. The summed E-state index contributed by atoms with van der Waals surface area (Å²) in [7, 11) is 0. The molecule has 0 unspecified atom stereocenters. The van der Waals surface area contributed by atoms with E-state index in [0.717, 1.165) is 0 Å². The number of hydrogen-bond acceptors (Lipinski definition) is 4. The summed E-state index contributed by atoms with van der Waals surface area (Å²) in [6.45, 7) is 0. The van der Waals surface area contributed by atoms with Crippen molar-refractivity contribution in [1.82, 2.24) is 15.0 Å². The minimum absolute atomic E-state index is 0.0513. The summed E-state index contributed by atoms with van der Waals surface area (Å²) in [5.74, 6) is -0.730. The van der Waals surface area contributed by atoms with E-state index >= 15 is 0 Å². The Hall–Kier alpha value is -3.02. The second-order valence-electron chi connectivity index (χ2n) is 4.17. The van der Waals surface area contributed by atoms with E-state index in [4.69, 9.17) is 5.11 Å². The number of nitrogens with one attached hydrogen (secondary N) is 1. The third-order valence-electron chi connectivity index (χ3n) is 2.86. The Kier molecular flexibility index (Phi) is 2.76. The molecule has 98 valence electrons. The van der Waals surface area contributed by atoms with Crippen LogP contribution in [0.5, 0.6) is 0 Å². The van der Waals surface area contributed by atoms with Gasteiger partial charge < -0.3 is 10.1 Å². The van der Waals surface area contributed by atoms with Gasteiger partial charge in [-0.15, -0.1) is 0 Å². The summed E-state index contributed by atoms with van der Waals surface area (Å²) >= 11 is 0. The third-order valence-corrected chi connectivity index (χ3v) is 2.86. The van der Waals surface area contributed by atoms with Crippen LogP contribution in [0, 0.1) is 0 Å². The molecule has 0 aliphatic rings. The molecule has 2 aromatic heterocycles. The van der Waals surface area contributed by atoms with Gasteiger partial charge in [0.1, 0.15) is 5.69 Å². The molecule has 0 fully saturated rings. The Morgan fingerprint density at radius 1 is 1.20 bits per heavy atom. The first-order valence-electron chi connectivity index (χ1n) is 5.84. The number of pyridine rings is 1. The highest BCUT2D eigenvalue weighted by Gasteiger charge is 2.09. The second-order valence-corrected chi connectivity index (χ2v) is 4.17. The van der Waals surface area contributed by atoms with Crippen LogP contribution in [0.4, 0.5) is 0 Å². The zero-order valence-corrected chi connectivity index (χ0v) is 10.2. The zero-order valence-electron chi connectivity index (χ0n) is 10.2. The van der Waals surface area contributed by atoms with E-state index < -0.39 is 11.5 Å². The molecule has 6 nitrogen and oxygen atoms in total. The molecule has 6 heteroatoms. The van der Waals surface area contributed by atoms with E-state index in [0.29, 0.717) is 17.0 Å². The Morgan fingerprint density at radius 3 is 2.75 bits per heavy atom. The summed E-state index contributed by atoms with van der Waals surface area (Å²) < 4.78 is 0. The predicted molar refractivity (Wildman–Crippen MR) is 72.6 cm³/mol. The van der Waals surface area contributed by atoms with Gasteiger partial charge >= 0.3 is 5.97 Å². The molecule has 0 atom stereocenters. The average Bonchev–Trinajstić information content (AvgIpc) is 2.47. The van der Waals surface area contributed by atoms with Gasteiger partial charge in [-0.25, -0.2) is 9.78 Å². The number of H-pyrrole nitrogens is 1. The quantitative estimate of drug-likeness (QED) is 0.736. The highest BCUT2D eigenvalue weighted by Crippen LogP contribution is 2.15. The fraction of sp³-hybridized carbons (Fsp3) is 0. The first-order chi connectivity index (χ1) is 9.65. The average molecular weight is 267 g/mol. The summed E-state index contributed by atoms with van der Waals surface area (Å²) in [6, 6.07) is 9.53. The van der Waals surface area contributed by atoms with Gasteiger partial charge in [-0.05, 0) is 30.3 Å². The van der Waals surface area contributed by atoms with E-state index in [1.165, 1.54) is 18.2 Å². The Balaban J connectivity index is 2.24. The topological polar surface area (TPSA) is 95.9 Å². The Bertz CT molecular complexity index is 856. The first-order valence-corrected chi connectivity index (χ1v) is 5.84. The number of carboxylic acid groups (broad SMARTS) is 1. The maximum atomic E-state index is 12.0. The number of aromatic amines is 1. The number of benzene rings is 1. The highest BCUT2D eigenvalue weighted by molar-refractivity contribution is 5.93. The monoisotopic (exact) mass is 267 g/mol. The minimum Gasteiger partial charge on any atom is -0.478 e. The molecule has 0 saturated heterocycles. The van der Waals surface area contributed by atoms with Crippen LogP contribution in [-0.2, 0) is 0 Å². The Labute approximate surface area is 112 Å². The molecule has 0 aliphatic carbocycles. The molecule has 2 N–H and O–H groups in total. The maximum absolute atomic E-state index is 12.0.